The fourth-order valence-electron chi connectivity index (χ4n) is 2.03. The molecule has 1 heterocycles. The molecule has 3 nitrogen and oxygen atoms in total. The zero-order chi connectivity index (χ0) is 14.2. The Bertz CT molecular complexity index is 838. The highest BCUT2D eigenvalue weighted by atomic mass is 32.2. The first kappa shape index (κ1) is 12.7. The summed E-state index contributed by atoms with van der Waals surface area (Å²) in [6.45, 7) is 0. The van der Waals surface area contributed by atoms with Gasteiger partial charge >= 0.3 is 0 Å². The Balaban J connectivity index is 2.03. The van der Waals surface area contributed by atoms with E-state index in [0.29, 0.717) is 16.8 Å². The summed E-state index contributed by atoms with van der Waals surface area (Å²) in [4.78, 5) is 0.188. The second-order valence-electron chi connectivity index (χ2n) is 4.30. The highest BCUT2D eigenvalue weighted by Gasteiger charge is 2.26. The van der Waals surface area contributed by atoms with Crippen molar-refractivity contribution in [2.75, 3.05) is 0 Å². The van der Waals surface area contributed by atoms with Crippen molar-refractivity contribution in [2.24, 2.45) is 4.40 Å². The number of halogens is 1. The lowest BCUT2D eigenvalue weighted by Crippen LogP contribution is -1.94. The lowest BCUT2D eigenvalue weighted by atomic mass is 10.1. The second kappa shape index (κ2) is 4.68. The molecule has 0 saturated carbocycles. The maximum Gasteiger partial charge on any atom is 0.283 e. The van der Waals surface area contributed by atoms with Crippen LogP contribution in [0, 0.1) is 5.82 Å². The van der Waals surface area contributed by atoms with Crippen LogP contribution in [0.5, 0.6) is 0 Å². The fraction of sp³-hybridized carbons (Fsp3) is 0. The van der Waals surface area contributed by atoms with Crippen molar-refractivity contribution in [1.29, 1.82) is 0 Å². The van der Waals surface area contributed by atoms with Crippen LogP contribution >= 0.6 is 0 Å². The summed E-state index contributed by atoms with van der Waals surface area (Å²) in [6.07, 6.45) is 3.04. The SMILES string of the molecule is O=S1(=O)N=C(/C=C\c2ccccc2F)c2ccccc21. The minimum atomic E-state index is -3.63. The standard InChI is InChI=1S/C15H10FNO2S/c16-13-7-3-1-5-11(13)9-10-14-12-6-2-4-8-15(12)20(18,19)17-14/h1-10H/b10-9-. The number of sulfonamides is 1. The molecule has 0 unspecified atom stereocenters. The largest absolute Gasteiger partial charge is 0.283 e. The van der Waals surface area contributed by atoms with Crippen LogP contribution in [0.25, 0.3) is 6.08 Å². The van der Waals surface area contributed by atoms with Gasteiger partial charge in [0.2, 0.25) is 0 Å². The fourth-order valence-corrected chi connectivity index (χ4v) is 3.25. The first-order valence-electron chi connectivity index (χ1n) is 5.95. The number of nitrogens with zero attached hydrogens (tertiary/aromatic N) is 1. The lowest BCUT2D eigenvalue weighted by molar-refractivity contribution is 0.599. The van der Waals surface area contributed by atoms with E-state index in [-0.39, 0.29) is 10.7 Å². The average molecular weight is 287 g/mol. The van der Waals surface area contributed by atoms with Gasteiger partial charge in [0.1, 0.15) is 5.82 Å². The molecule has 2 aromatic carbocycles. The highest BCUT2D eigenvalue weighted by molar-refractivity contribution is 7.90. The van der Waals surface area contributed by atoms with Gasteiger partial charge in [0.25, 0.3) is 10.0 Å². The van der Waals surface area contributed by atoms with Gasteiger partial charge in [-0.2, -0.15) is 12.8 Å². The van der Waals surface area contributed by atoms with Crippen LogP contribution in [-0.4, -0.2) is 14.1 Å². The van der Waals surface area contributed by atoms with Gasteiger partial charge in [-0.05, 0) is 24.3 Å². The van der Waals surface area contributed by atoms with Crippen LogP contribution < -0.4 is 0 Å². The molecule has 0 bridgehead atoms. The molecule has 0 atom stereocenters. The van der Waals surface area contributed by atoms with E-state index >= 15 is 0 Å². The van der Waals surface area contributed by atoms with E-state index in [4.69, 9.17) is 0 Å². The predicted molar refractivity (Wildman–Crippen MR) is 75.6 cm³/mol. The quantitative estimate of drug-likeness (QED) is 0.852. The number of fused-ring (bicyclic) bond motifs is 1. The predicted octanol–water partition coefficient (Wildman–Crippen LogP) is 3.03. The van der Waals surface area contributed by atoms with Crippen molar-refractivity contribution < 1.29 is 12.8 Å². The van der Waals surface area contributed by atoms with Gasteiger partial charge in [0.15, 0.2) is 0 Å². The molecule has 20 heavy (non-hydrogen) atoms. The van der Waals surface area contributed by atoms with E-state index in [2.05, 4.69) is 4.40 Å². The van der Waals surface area contributed by atoms with Crippen molar-refractivity contribution in [3.05, 3.63) is 71.6 Å². The molecule has 0 radical (unpaired) electrons. The molecule has 0 N–H and O–H groups in total. The Labute approximate surface area is 116 Å². The molecular formula is C15H10FNO2S. The Morgan fingerprint density at radius 3 is 2.45 bits per heavy atom. The highest BCUT2D eigenvalue weighted by Crippen LogP contribution is 2.26. The van der Waals surface area contributed by atoms with Crippen molar-refractivity contribution >= 4 is 21.8 Å². The van der Waals surface area contributed by atoms with E-state index in [1.807, 2.05) is 0 Å². The van der Waals surface area contributed by atoms with E-state index in [1.54, 1.807) is 36.4 Å². The van der Waals surface area contributed by atoms with Crippen LogP contribution in [0.3, 0.4) is 0 Å². The zero-order valence-corrected chi connectivity index (χ0v) is 11.1. The molecule has 1 aliphatic heterocycles. The minimum Gasteiger partial charge on any atom is -0.206 e. The van der Waals surface area contributed by atoms with Gasteiger partial charge in [-0.25, -0.2) is 4.39 Å². The maximum absolute atomic E-state index is 13.5. The van der Waals surface area contributed by atoms with Crippen LogP contribution in [0.4, 0.5) is 4.39 Å². The van der Waals surface area contributed by atoms with Crippen LogP contribution in [-0.2, 0) is 10.0 Å². The third-order valence-electron chi connectivity index (χ3n) is 2.99. The Morgan fingerprint density at radius 2 is 1.65 bits per heavy atom. The monoisotopic (exact) mass is 287 g/mol. The van der Waals surface area contributed by atoms with Crippen molar-refractivity contribution in [1.82, 2.24) is 0 Å². The Morgan fingerprint density at radius 1 is 0.950 bits per heavy atom. The van der Waals surface area contributed by atoms with Gasteiger partial charge in [0.05, 0.1) is 10.6 Å². The zero-order valence-electron chi connectivity index (χ0n) is 10.3. The molecule has 2 aromatic rings. The average Bonchev–Trinajstić information content (AvgIpc) is 2.70. The van der Waals surface area contributed by atoms with Gasteiger partial charge in [0, 0.05) is 11.1 Å². The molecule has 0 amide bonds. The van der Waals surface area contributed by atoms with Crippen molar-refractivity contribution in [2.45, 2.75) is 4.90 Å². The molecule has 1 aliphatic rings. The molecule has 0 aliphatic carbocycles. The lowest BCUT2D eigenvalue weighted by Gasteiger charge is -1.97. The minimum absolute atomic E-state index is 0.188. The summed E-state index contributed by atoms with van der Waals surface area (Å²) in [5, 5.41) is 0. The first-order chi connectivity index (χ1) is 9.58. The van der Waals surface area contributed by atoms with Gasteiger partial charge in [-0.15, -0.1) is 0 Å². The van der Waals surface area contributed by atoms with Gasteiger partial charge in [-0.1, -0.05) is 36.4 Å². The van der Waals surface area contributed by atoms with Gasteiger partial charge in [-0.3, -0.25) is 0 Å². The summed E-state index contributed by atoms with van der Waals surface area (Å²) in [7, 11) is -3.63. The molecule has 0 saturated heterocycles. The third-order valence-corrected chi connectivity index (χ3v) is 4.33. The molecule has 0 aromatic heterocycles. The molecule has 0 fully saturated rings. The Hall–Kier alpha value is -2.27. The smallest absolute Gasteiger partial charge is 0.206 e. The molecule has 0 spiro atoms. The van der Waals surface area contributed by atoms with Crippen molar-refractivity contribution in [3.63, 3.8) is 0 Å². The number of allylic oxidation sites excluding steroid dienone is 1. The summed E-state index contributed by atoms with van der Waals surface area (Å²) >= 11 is 0. The van der Waals surface area contributed by atoms with Crippen LogP contribution in [0.15, 0.2) is 63.9 Å². The third kappa shape index (κ3) is 2.16. The topological polar surface area (TPSA) is 46.5 Å². The first-order valence-corrected chi connectivity index (χ1v) is 7.39. The van der Waals surface area contributed by atoms with E-state index < -0.39 is 10.0 Å². The Kier molecular flexibility index (Phi) is 2.99. The van der Waals surface area contributed by atoms with Gasteiger partial charge < -0.3 is 0 Å². The maximum atomic E-state index is 13.5. The van der Waals surface area contributed by atoms with Crippen LogP contribution in [0.1, 0.15) is 11.1 Å². The van der Waals surface area contributed by atoms with Crippen LogP contribution in [0.2, 0.25) is 0 Å². The molecule has 5 heteroatoms. The normalized spacial score (nSPS) is 16.1. The number of hydrogen-bond acceptors (Lipinski definition) is 2. The summed E-state index contributed by atoms with van der Waals surface area (Å²) in [5.41, 5.74) is 1.25. The number of benzene rings is 2. The second-order valence-corrected chi connectivity index (χ2v) is 5.88. The molecule has 100 valence electrons. The molecular weight excluding hydrogens is 277 g/mol. The number of hydrogen-bond donors (Lipinski definition) is 0. The summed E-state index contributed by atoms with van der Waals surface area (Å²) in [5.74, 6) is -0.363. The summed E-state index contributed by atoms with van der Waals surface area (Å²) < 4.78 is 40.9. The molecule has 3 rings (SSSR count). The van der Waals surface area contributed by atoms with Crippen molar-refractivity contribution in [3.8, 4) is 0 Å². The summed E-state index contributed by atoms with van der Waals surface area (Å²) in [6, 6.07) is 12.9. The van der Waals surface area contributed by atoms with E-state index in [0.717, 1.165) is 0 Å². The number of rotatable bonds is 2. The van der Waals surface area contributed by atoms with E-state index in [1.165, 1.54) is 24.3 Å². The van der Waals surface area contributed by atoms with E-state index in [9.17, 15) is 12.8 Å².